The first-order valence-corrected chi connectivity index (χ1v) is 12.6. The van der Waals surface area contributed by atoms with Gasteiger partial charge in [0, 0.05) is 11.2 Å². The van der Waals surface area contributed by atoms with E-state index >= 15 is 0 Å². The molecule has 170 valence electrons. The van der Waals surface area contributed by atoms with Crippen molar-refractivity contribution in [1.29, 1.82) is 0 Å². The molecule has 2 aliphatic rings. The fraction of sp³-hybridized carbons (Fsp3) is 0.462. The van der Waals surface area contributed by atoms with Gasteiger partial charge in [-0.15, -0.1) is 0 Å². The molecule has 1 unspecified atom stereocenters. The number of nitrogens with one attached hydrogen (secondary N) is 1. The van der Waals surface area contributed by atoms with Crippen LogP contribution in [-0.4, -0.2) is 40.8 Å². The van der Waals surface area contributed by atoms with E-state index in [1.54, 1.807) is 0 Å². The van der Waals surface area contributed by atoms with Crippen molar-refractivity contribution in [3.63, 3.8) is 0 Å². The summed E-state index contributed by atoms with van der Waals surface area (Å²) in [6, 6.07) is 15.4. The second-order valence-corrected chi connectivity index (χ2v) is 10.0. The molecule has 0 aromatic heterocycles. The summed E-state index contributed by atoms with van der Waals surface area (Å²) in [7, 11) is 0. The summed E-state index contributed by atoms with van der Waals surface area (Å²) in [4.78, 5) is 24.1. The molecular formula is C26H31NO4S. The monoisotopic (exact) mass is 453 g/mol. The molecule has 0 bridgehead atoms. The van der Waals surface area contributed by atoms with E-state index in [9.17, 15) is 14.7 Å². The van der Waals surface area contributed by atoms with Crippen LogP contribution in [0.4, 0.5) is 4.79 Å². The van der Waals surface area contributed by atoms with Crippen molar-refractivity contribution in [3.05, 3.63) is 59.7 Å². The lowest BCUT2D eigenvalue weighted by Crippen LogP contribution is -2.41. The highest BCUT2D eigenvalue weighted by Gasteiger charge is 2.29. The van der Waals surface area contributed by atoms with E-state index in [1.807, 2.05) is 36.0 Å². The molecule has 1 amide bonds. The predicted octanol–water partition coefficient (Wildman–Crippen LogP) is 5.82. The van der Waals surface area contributed by atoms with Gasteiger partial charge >= 0.3 is 12.1 Å². The van der Waals surface area contributed by atoms with Crippen molar-refractivity contribution in [2.75, 3.05) is 12.4 Å². The van der Waals surface area contributed by atoms with Crippen molar-refractivity contribution in [2.24, 2.45) is 0 Å². The first-order chi connectivity index (χ1) is 15.6. The molecule has 2 aromatic rings. The van der Waals surface area contributed by atoms with Gasteiger partial charge in [0.15, 0.2) is 0 Å². The molecule has 0 aliphatic heterocycles. The molecule has 0 spiro atoms. The lowest BCUT2D eigenvalue weighted by atomic mass is 9.98. The molecule has 2 N–H and O–H groups in total. The van der Waals surface area contributed by atoms with Gasteiger partial charge in [-0.3, -0.25) is 0 Å². The van der Waals surface area contributed by atoms with Crippen LogP contribution < -0.4 is 5.32 Å². The van der Waals surface area contributed by atoms with Crippen LogP contribution >= 0.6 is 11.8 Å². The molecule has 0 radical (unpaired) electrons. The highest BCUT2D eigenvalue weighted by atomic mass is 32.2. The Hall–Kier alpha value is -2.47. The van der Waals surface area contributed by atoms with Crippen LogP contribution in [0.5, 0.6) is 0 Å². The molecule has 0 heterocycles. The van der Waals surface area contributed by atoms with E-state index in [0.29, 0.717) is 11.7 Å². The number of thioether (sulfide) groups is 1. The van der Waals surface area contributed by atoms with Crippen LogP contribution in [0.1, 0.15) is 62.0 Å². The molecule has 1 fully saturated rings. The second kappa shape index (κ2) is 10.9. The molecule has 2 aromatic carbocycles. The standard InChI is InChI=1S/C26H31NO4S/c28-25(29)24(15-16-32-18-9-3-1-2-4-10-18)27-26(30)31-17-23-21-13-7-5-11-19(21)20-12-6-8-14-22(20)23/h5-8,11-14,18,23-24H,1-4,9-10,15-17H2,(H,27,30)(H,28,29). The molecule has 0 saturated heterocycles. The van der Waals surface area contributed by atoms with E-state index < -0.39 is 18.1 Å². The molecule has 32 heavy (non-hydrogen) atoms. The maximum Gasteiger partial charge on any atom is 0.407 e. The van der Waals surface area contributed by atoms with Crippen molar-refractivity contribution < 1.29 is 19.4 Å². The van der Waals surface area contributed by atoms with Gasteiger partial charge in [-0.05, 0) is 47.3 Å². The van der Waals surface area contributed by atoms with Gasteiger partial charge in [0.1, 0.15) is 12.6 Å². The van der Waals surface area contributed by atoms with E-state index in [-0.39, 0.29) is 12.5 Å². The zero-order chi connectivity index (χ0) is 22.3. The van der Waals surface area contributed by atoms with Crippen LogP contribution in [0.3, 0.4) is 0 Å². The van der Waals surface area contributed by atoms with Crippen molar-refractivity contribution in [2.45, 2.75) is 62.2 Å². The topological polar surface area (TPSA) is 75.6 Å². The second-order valence-electron chi connectivity index (χ2n) is 8.63. The number of carbonyl (C=O) groups excluding carboxylic acids is 1. The number of rotatable bonds is 8. The Balaban J connectivity index is 1.30. The quantitative estimate of drug-likeness (QED) is 0.492. The predicted molar refractivity (Wildman–Crippen MR) is 128 cm³/mol. The zero-order valence-corrected chi connectivity index (χ0v) is 19.1. The summed E-state index contributed by atoms with van der Waals surface area (Å²) < 4.78 is 5.51. The summed E-state index contributed by atoms with van der Waals surface area (Å²) in [5, 5.41) is 12.7. The molecule has 4 rings (SSSR count). The van der Waals surface area contributed by atoms with Gasteiger partial charge < -0.3 is 15.2 Å². The third-order valence-electron chi connectivity index (χ3n) is 6.50. The fourth-order valence-corrected chi connectivity index (χ4v) is 6.17. The first kappa shape index (κ1) is 22.7. The number of alkyl carbamates (subject to hydrolysis) is 1. The third-order valence-corrected chi connectivity index (χ3v) is 7.91. The summed E-state index contributed by atoms with van der Waals surface area (Å²) in [5.74, 6) is -0.326. The molecule has 2 aliphatic carbocycles. The minimum absolute atomic E-state index is 0.0396. The molecular weight excluding hydrogens is 422 g/mol. The number of benzene rings is 2. The van der Waals surface area contributed by atoms with Crippen molar-refractivity contribution in [3.8, 4) is 11.1 Å². The van der Waals surface area contributed by atoms with Crippen LogP contribution in [0, 0.1) is 0 Å². The number of ether oxygens (including phenoxy) is 1. The third kappa shape index (κ3) is 5.47. The average Bonchev–Trinajstić information content (AvgIpc) is 2.92. The first-order valence-electron chi connectivity index (χ1n) is 11.6. The lowest BCUT2D eigenvalue weighted by Gasteiger charge is -2.18. The molecule has 1 saturated carbocycles. The Kier molecular flexibility index (Phi) is 7.74. The largest absolute Gasteiger partial charge is 0.480 e. The smallest absolute Gasteiger partial charge is 0.407 e. The number of aliphatic carboxylic acids is 1. The number of carbonyl (C=O) groups is 2. The van der Waals surface area contributed by atoms with Gasteiger partial charge in [-0.25, -0.2) is 9.59 Å². The van der Waals surface area contributed by atoms with Crippen LogP contribution in [0.15, 0.2) is 48.5 Å². The Morgan fingerprint density at radius 3 is 2.16 bits per heavy atom. The summed E-state index contributed by atoms with van der Waals surface area (Å²) in [6.45, 7) is 0.184. The van der Waals surface area contributed by atoms with Gasteiger partial charge in [-0.2, -0.15) is 11.8 Å². The fourth-order valence-electron chi connectivity index (χ4n) is 4.80. The summed E-state index contributed by atoms with van der Waals surface area (Å²) in [6.07, 6.45) is 7.29. The number of amides is 1. The van der Waals surface area contributed by atoms with Crippen LogP contribution in [0.25, 0.3) is 11.1 Å². The Labute approximate surface area is 193 Å². The Bertz CT molecular complexity index is 893. The Morgan fingerprint density at radius 2 is 1.56 bits per heavy atom. The van der Waals surface area contributed by atoms with Gasteiger partial charge in [-0.1, -0.05) is 74.2 Å². The van der Waals surface area contributed by atoms with Crippen molar-refractivity contribution >= 4 is 23.8 Å². The number of hydrogen-bond donors (Lipinski definition) is 2. The maximum atomic E-state index is 12.4. The minimum atomic E-state index is -1.01. The van der Waals surface area contributed by atoms with E-state index in [1.165, 1.54) is 38.5 Å². The van der Waals surface area contributed by atoms with Crippen LogP contribution in [0.2, 0.25) is 0 Å². The summed E-state index contributed by atoms with van der Waals surface area (Å²) in [5.41, 5.74) is 4.60. The number of carboxylic acid groups (broad SMARTS) is 1. The zero-order valence-electron chi connectivity index (χ0n) is 18.3. The lowest BCUT2D eigenvalue weighted by molar-refractivity contribution is -0.139. The van der Waals surface area contributed by atoms with E-state index in [2.05, 4.69) is 29.6 Å². The number of hydrogen-bond acceptors (Lipinski definition) is 4. The van der Waals surface area contributed by atoms with Gasteiger partial charge in [0.25, 0.3) is 0 Å². The highest BCUT2D eigenvalue weighted by molar-refractivity contribution is 7.99. The summed E-state index contributed by atoms with van der Waals surface area (Å²) >= 11 is 1.85. The van der Waals surface area contributed by atoms with E-state index in [4.69, 9.17) is 4.74 Å². The SMILES string of the molecule is O=C(NC(CCSC1CCCCCC1)C(=O)O)OCC1c2ccccc2-c2ccccc21. The minimum Gasteiger partial charge on any atom is -0.480 e. The molecule has 6 heteroatoms. The number of fused-ring (bicyclic) bond motifs is 3. The molecule has 5 nitrogen and oxygen atoms in total. The van der Waals surface area contributed by atoms with Gasteiger partial charge in [0.05, 0.1) is 0 Å². The highest BCUT2D eigenvalue weighted by Crippen LogP contribution is 2.44. The molecule has 1 atom stereocenters. The maximum absolute atomic E-state index is 12.4. The van der Waals surface area contributed by atoms with Gasteiger partial charge in [0.2, 0.25) is 0 Å². The van der Waals surface area contributed by atoms with Crippen LogP contribution in [-0.2, 0) is 9.53 Å². The van der Waals surface area contributed by atoms with Crippen molar-refractivity contribution in [1.82, 2.24) is 5.32 Å². The van der Waals surface area contributed by atoms with E-state index in [0.717, 1.165) is 28.0 Å². The average molecular weight is 454 g/mol. The number of carboxylic acids is 1. The normalized spacial score (nSPS) is 17.1. The Morgan fingerprint density at radius 1 is 0.969 bits per heavy atom.